The van der Waals surface area contributed by atoms with E-state index in [2.05, 4.69) is 4.98 Å². The number of thiazole rings is 1. The minimum atomic E-state index is 0.0808. The standard InChI is InChI=1S/C9H11NO2S2/c1-6(11)8-4-10-9(14-8)7-5-13-3-2-12-7/h4,7H,2-3,5H2,1H3. The fourth-order valence-electron chi connectivity index (χ4n) is 1.23. The molecule has 1 unspecified atom stereocenters. The number of carbonyl (C=O) groups excluding carboxylic acids is 1. The summed E-state index contributed by atoms with van der Waals surface area (Å²) in [6.07, 6.45) is 1.73. The van der Waals surface area contributed by atoms with Gasteiger partial charge in [0.15, 0.2) is 5.78 Å². The van der Waals surface area contributed by atoms with Crippen LogP contribution in [0.2, 0.25) is 0 Å². The Labute approximate surface area is 90.9 Å². The fraction of sp³-hybridized carbons (Fsp3) is 0.556. The smallest absolute Gasteiger partial charge is 0.171 e. The van der Waals surface area contributed by atoms with Gasteiger partial charge in [-0.1, -0.05) is 0 Å². The van der Waals surface area contributed by atoms with Gasteiger partial charge in [-0.15, -0.1) is 11.3 Å². The van der Waals surface area contributed by atoms with E-state index in [0.717, 1.165) is 28.0 Å². The molecule has 1 saturated heterocycles. The highest BCUT2D eigenvalue weighted by molar-refractivity contribution is 7.99. The minimum Gasteiger partial charge on any atom is -0.369 e. The fourth-order valence-corrected chi connectivity index (χ4v) is 3.05. The van der Waals surface area contributed by atoms with Gasteiger partial charge in [0.1, 0.15) is 11.1 Å². The van der Waals surface area contributed by atoms with Crippen LogP contribution in [0.5, 0.6) is 0 Å². The Kier molecular flexibility index (Phi) is 3.20. The molecule has 0 aromatic carbocycles. The van der Waals surface area contributed by atoms with Gasteiger partial charge in [-0.25, -0.2) is 4.98 Å². The monoisotopic (exact) mass is 229 g/mol. The molecule has 1 fully saturated rings. The zero-order valence-corrected chi connectivity index (χ0v) is 9.49. The first-order valence-corrected chi connectivity index (χ1v) is 6.40. The maximum Gasteiger partial charge on any atom is 0.171 e. The molecule has 0 amide bonds. The molecule has 1 atom stereocenters. The normalized spacial score (nSPS) is 22.2. The quantitative estimate of drug-likeness (QED) is 0.728. The van der Waals surface area contributed by atoms with Crippen molar-refractivity contribution in [1.29, 1.82) is 0 Å². The van der Waals surface area contributed by atoms with Gasteiger partial charge in [0, 0.05) is 24.6 Å². The molecule has 1 aliphatic heterocycles. The summed E-state index contributed by atoms with van der Waals surface area (Å²) >= 11 is 3.32. The predicted molar refractivity (Wildman–Crippen MR) is 58.1 cm³/mol. The summed E-state index contributed by atoms with van der Waals surface area (Å²) in [4.78, 5) is 16.0. The van der Waals surface area contributed by atoms with Crippen molar-refractivity contribution in [2.75, 3.05) is 18.1 Å². The topological polar surface area (TPSA) is 39.2 Å². The predicted octanol–water partition coefficient (Wildman–Crippen LogP) is 2.15. The van der Waals surface area contributed by atoms with Crippen LogP contribution in [0.25, 0.3) is 0 Å². The first-order valence-electron chi connectivity index (χ1n) is 4.43. The van der Waals surface area contributed by atoms with Crippen LogP contribution in [-0.2, 0) is 4.74 Å². The summed E-state index contributed by atoms with van der Waals surface area (Å²) in [5, 5.41) is 0.933. The Hall–Kier alpha value is -0.390. The van der Waals surface area contributed by atoms with Crippen molar-refractivity contribution < 1.29 is 9.53 Å². The van der Waals surface area contributed by atoms with E-state index >= 15 is 0 Å². The van der Waals surface area contributed by atoms with Gasteiger partial charge >= 0.3 is 0 Å². The highest BCUT2D eigenvalue weighted by Crippen LogP contribution is 2.29. The summed E-state index contributed by atoms with van der Waals surface area (Å²) in [6.45, 7) is 2.35. The lowest BCUT2D eigenvalue weighted by molar-refractivity contribution is 0.0755. The van der Waals surface area contributed by atoms with E-state index in [0.29, 0.717) is 0 Å². The van der Waals surface area contributed by atoms with Gasteiger partial charge in [0.2, 0.25) is 0 Å². The van der Waals surface area contributed by atoms with Gasteiger partial charge in [0.25, 0.3) is 0 Å². The maximum atomic E-state index is 11.1. The van der Waals surface area contributed by atoms with Crippen molar-refractivity contribution in [2.24, 2.45) is 0 Å². The molecule has 1 aliphatic rings. The zero-order chi connectivity index (χ0) is 9.97. The minimum absolute atomic E-state index is 0.0808. The van der Waals surface area contributed by atoms with Gasteiger partial charge in [-0.05, 0) is 0 Å². The average Bonchev–Trinajstić information content (AvgIpc) is 2.68. The molecular weight excluding hydrogens is 218 g/mol. The largest absolute Gasteiger partial charge is 0.369 e. The van der Waals surface area contributed by atoms with Gasteiger partial charge < -0.3 is 4.74 Å². The first-order chi connectivity index (χ1) is 6.77. The lowest BCUT2D eigenvalue weighted by Gasteiger charge is -2.19. The van der Waals surface area contributed by atoms with Crippen molar-refractivity contribution in [3.63, 3.8) is 0 Å². The number of rotatable bonds is 2. The van der Waals surface area contributed by atoms with E-state index in [1.54, 1.807) is 13.1 Å². The molecule has 0 N–H and O–H groups in total. The SMILES string of the molecule is CC(=O)c1cnc(C2CSCCO2)s1. The Balaban J connectivity index is 2.11. The molecule has 0 aliphatic carbocycles. The molecule has 1 aromatic heterocycles. The second-order valence-corrected chi connectivity index (χ2v) is 5.27. The third kappa shape index (κ3) is 2.16. The molecule has 5 heteroatoms. The molecule has 0 radical (unpaired) electrons. The van der Waals surface area contributed by atoms with Crippen LogP contribution >= 0.6 is 23.1 Å². The maximum absolute atomic E-state index is 11.1. The van der Waals surface area contributed by atoms with Crippen molar-refractivity contribution in [3.05, 3.63) is 16.1 Å². The third-order valence-corrected chi connectivity index (χ3v) is 4.15. The van der Waals surface area contributed by atoms with E-state index in [1.165, 1.54) is 11.3 Å². The number of nitrogens with zero attached hydrogens (tertiary/aromatic N) is 1. The molecule has 3 nitrogen and oxygen atoms in total. The van der Waals surface area contributed by atoms with Crippen LogP contribution in [0.15, 0.2) is 6.20 Å². The van der Waals surface area contributed by atoms with Crippen LogP contribution < -0.4 is 0 Å². The van der Waals surface area contributed by atoms with Crippen molar-refractivity contribution in [2.45, 2.75) is 13.0 Å². The number of Topliss-reactive ketones (excluding diaryl/α,β-unsaturated/α-hetero) is 1. The summed E-state index contributed by atoms with van der Waals surface area (Å²) in [6, 6.07) is 0. The van der Waals surface area contributed by atoms with Crippen LogP contribution in [0, 0.1) is 0 Å². The van der Waals surface area contributed by atoms with E-state index in [9.17, 15) is 4.79 Å². The van der Waals surface area contributed by atoms with Crippen molar-refractivity contribution >= 4 is 28.9 Å². The molecular formula is C9H11NO2S2. The zero-order valence-electron chi connectivity index (χ0n) is 7.86. The summed E-state index contributed by atoms with van der Waals surface area (Å²) in [7, 11) is 0. The molecule has 0 saturated carbocycles. The Morgan fingerprint density at radius 2 is 2.57 bits per heavy atom. The third-order valence-electron chi connectivity index (χ3n) is 1.96. The lowest BCUT2D eigenvalue weighted by Crippen LogP contribution is -2.15. The average molecular weight is 229 g/mol. The Bertz CT molecular complexity index is 331. The van der Waals surface area contributed by atoms with Gasteiger partial charge in [0.05, 0.1) is 11.5 Å². The van der Waals surface area contributed by atoms with E-state index in [4.69, 9.17) is 4.74 Å². The number of hydrogen-bond acceptors (Lipinski definition) is 5. The van der Waals surface area contributed by atoms with Crippen LogP contribution in [0.3, 0.4) is 0 Å². The molecule has 0 spiro atoms. The second kappa shape index (κ2) is 4.42. The second-order valence-electron chi connectivity index (χ2n) is 3.05. The number of hydrogen-bond donors (Lipinski definition) is 0. The Morgan fingerprint density at radius 3 is 3.14 bits per heavy atom. The first kappa shape index (κ1) is 10.1. The van der Waals surface area contributed by atoms with Gasteiger partial charge in [-0.2, -0.15) is 11.8 Å². The van der Waals surface area contributed by atoms with E-state index < -0.39 is 0 Å². The molecule has 2 rings (SSSR count). The van der Waals surface area contributed by atoms with Crippen LogP contribution in [0.1, 0.15) is 27.7 Å². The number of carbonyl (C=O) groups is 1. The number of aromatic nitrogens is 1. The molecule has 14 heavy (non-hydrogen) atoms. The highest BCUT2D eigenvalue weighted by atomic mass is 32.2. The van der Waals surface area contributed by atoms with Gasteiger partial charge in [-0.3, -0.25) is 4.79 Å². The molecule has 2 heterocycles. The Morgan fingerprint density at radius 1 is 1.71 bits per heavy atom. The summed E-state index contributed by atoms with van der Waals surface area (Å²) in [5.74, 6) is 2.09. The van der Waals surface area contributed by atoms with Crippen LogP contribution in [-0.4, -0.2) is 28.9 Å². The molecule has 0 bridgehead atoms. The summed E-state index contributed by atoms with van der Waals surface area (Å²) < 4.78 is 5.57. The van der Waals surface area contributed by atoms with Crippen molar-refractivity contribution in [1.82, 2.24) is 4.98 Å². The number of ketones is 1. The number of thioether (sulfide) groups is 1. The van der Waals surface area contributed by atoms with E-state index in [1.807, 2.05) is 11.8 Å². The van der Waals surface area contributed by atoms with Crippen LogP contribution in [0.4, 0.5) is 0 Å². The summed E-state index contributed by atoms with van der Waals surface area (Å²) in [5.41, 5.74) is 0. The number of ether oxygens (including phenoxy) is 1. The highest BCUT2D eigenvalue weighted by Gasteiger charge is 2.20. The lowest BCUT2D eigenvalue weighted by atomic mass is 10.4. The van der Waals surface area contributed by atoms with Crippen molar-refractivity contribution in [3.8, 4) is 0 Å². The van der Waals surface area contributed by atoms with E-state index in [-0.39, 0.29) is 11.9 Å². The molecule has 76 valence electrons. The molecule has 1 aromatic rings.